The van der Waals surface area contributed by atoms with Gasteiger partial charge in [-0.2, -0.15) is 0 Å². The first-order valence-corrected chi connectivity index (χ1v) is 7.30. The molecule has 0 aliphatic heterocycles. The number of methoxy groups -OCH3 is 1. The van der Waals surface area contributed by atoms with E-state index < -0.39 is 5.82 Å². The average Bonchev–Trinajstić information content (AvgIpc) is 2.47. The van der Waals surface area contributed by atoms with Crippen LogP contribution in [0.5, 0.6) is 5.75 Å². The molecule has 4 nitrogen and oxygen atoms in total. The second-order valence-corrected chi connectivity index (χ2v) is 4.64. The van der Waals surface area contributed by atoms with E-state index in [4.69, 9.17) is 9.47 Å². The lowest BCUT2D eigenvalue weighted by Crippen LogP contribution is -2.30. The van der Waals surface area contributed by atoms with Crippen LogP contribution in [0.4, 0.5) is 4.39 Å². The summed E-state index contributed by atoms with van der Waals surface area (Å²) < 4.78 is 23.9. The van der Waals surface area contributed by atoms with Crippen molar-refractivity contribution in [1.29, 1.82) is 0 Å². The van der Waals surface area contributed by atoms with Gasteiger partial charge in [-0.25, -0.2) is 4.39 Å². The Morgan fingerprint density at radius 3 is 2.43 bits per heavy atom. The summed E-state index contributed by atoms with van der Waals surface area (Å²) in [5, 5.41) is 0. The lowest BCUT2D eigenvalue weighted by atomic mass is 10.0. The molecule has 21 heavy (non-hydrogen) atoms. The maximum Gasteiger partial charge on any atom is 0.307 e. The van der Waals surface area contributed by atoms with Gasteiger partial charge in [-0.1, -0.05) is 19.9 Å². The van der Waals surface area contributed by atoms with Gasteiger partial charge in [0, 0.05) is 6.04 Å². The molecule has 5 heteroatoms. The van der Waals surface area contributed by atoms with Crippen molar-refractivity contribution in [3.8, 4) is 5.75 Å². The lowest BCUT2D eigenvalue weighted by Gasteiger charge is -2.29. The van der Waals surface area contributed by atoms with Crippen LogP contribution in [-0.4, -0.2) is 37.7 Å². The number of ether oxygens (including phenoxy) is 2. The Balaban J connectivity index is 3.04. The highest BCUT2D eigenvalue weighted by atomic mass is 19.1. The van der Waals surface area contributed by atoms with E-state index in [1.54, 1.807) is 19.1 Å². The first kappa shape index (κ1) is 17.4. The van der Waals surface area contributed by atoms with Crippen LogP contribution in [0.3, 0.4) is 0 Å². The predicted molar refractivity (Wildman–Crippen MR) is 79.9 cm³/mol. The van der Waals surface area contributed by atoms with Gasteiger partial charge in [0.15, 0.2) is 11.6 Å². The molecule has 1 unspecified atom stereocenters. The molecule has 0 fully saturated rings. The molecular weight excluding hydrogens is 273 g/mol. The Morgan fingerprint density at radius 1 is 1.29 bits per heavy atom. The van der Waals surface area contributed by atoms with E-state index in [0.717, 1.165) is 18.7 Å². The van der Waals surface area contributed by atoms with Crippen LogP contribution in [0.2, 0.25) is 0 Å². The van der Waals surface area contributed by atoms with Crippen molar-refractivity contribution in [3.05, 3.63) is 29.6 Å². The number of rotatable bonds is 8. The molecule has 1 atom stereocenters. The van der Waals surface area contributed by atoms with E-state index in [-0.39, 0.29) is 24.2 Å². The summed E-state index contributed by atoms with van der Waals surface area (Å²) in [6, 6.07) is 4.62. The smallest absolute Gasteiger partial charge is 0.307 e. The third-order valence-electron chi connectivity index (χ3n) is 3.48. The third kappa shape index (κ3) is 4.70. The molecule has 0 saturated heterocycles. The maximum atomic E-state index is 13.9. The number of carbonyl (C=O) groups is 1. The van der Waals surface area contributed by atoms with Crippen LogP contribution >= 0.6 is 0 Å². The Hall–Kier alpha value is -1.62. The van der Waals surface area contributed by atoms with Gasteiger partial charge in [-0.15, -0.1) is 0 Å². The number of carbonyl (C=O) groups excluding carboxylic acids is 1. The van der Waals surface area contributed by atoms with E-state index in [9.17, 15) is 9.18 Å². The van der Waals surface area contributed by atoms with Gasteiger partial charge in [0.05, 0.1) is 20.1 Å². The minimum absolute atomic E-state index is 0.195. The molecule has 1 aromatic carbocycles. The van der Waals surface area contributed by atoms with E-state index in [1.807, 2.05) is 13.8 Å². The number of benzene rings is 1. The Morgan fingerprint density at radius 2 is 1.95 bits per heavy atom. The molecule has 0 saturated carbocycles. The minimum atomic E-state index is -0.420. The number of halogens is 1. The van der Waals surface area contributed by atoms with Crippen molar-refractivity contribution >= 4 is 5.97 Å². The van der Waals surface area contributed by atoms with Crippen LogP contribution in [-0.2, 0) is 9.53 Å². The highest BCUT2D eigenvalue weighted by Gasteiger charge is 2.23. The van der Waals surface area contributed by atoms with Crippen LogP contribution in [0.1, 0.15) is 38.8 Å². The molecule has 0 amide bonds. The third-order valence-corrected chi connectivity index (χ3v) is 3.48. The molecular formula is C16H24FNO3. The summed E-state index contributed by atoms with van der Waals surface area (Å²) in [5.74, 6) is -0.491. The van der Waals surface area contributed by atoms with Gasteiger partial charge in [-0.05, 0) is 37.7 Å². The molecule has 0 N–H and O–H groups in total. The first-order chi connectivity index (χ1) is 10.1. The quantitative estimate of drug-likeness (QED) is 0.691. The summed E-state index contributed by atoms with van der Waals surface area (Å²) in [5.41, 5.74) is 0.755. The zero-order valence-electron chi connectivity index (χ0n) is 13.2. The summed E-state index contributed by atoms with van der Waals surface area (Å²) in [4.78, 5) is 13.9. The second-order valence-electron chi connectivity index (χ2n) is 4.64. The molecule has 0 aliphatic carbocycles. The van der Waals surface area contributed by atoms with Crippen molar-refractivity contribution in [1.82, 2.24) is 4.90 Å². The molecule has 0 bridgehead atoms. The molecule has 0 aromatic heterocycles. The van der Waals surface area contributed by atoms with Crippen LogP contribution < -0.4 is 4.74 Å². The Kier molecular flexibility index (Phi) is 7.15. The standard InChI is InChI=1S/C16H24FNO3/c1-5-18(6-2)14(11-16(19)21-7-3)12-8-9-15(20-4)13(17)10-12/h8-10,14H,5-7,11H2,1-4H3. The van der Waals surface area contributed by atoms with Gasteiger partial charge >= 0.3 is 5.97 Å². The zero-order valence-corrected chi connectivity index (χ0v) is 13.2. The van der Waals surface area contributed by atoms with Crippen molar-refractivity contribution in [2.24, 2.45) is 0 Å². The Bertz CT molecular complexity index is 461. The lowest BCUT2D eigenvalue weighted by molar-refractivity contribution is -0.144. The van der Waals surface area contributed by atoms with E-state index in [1.165, 1.54) is 13.2 Å². The Labute approximate surface area is 125 Å². The number of hydrogen-bond acceptors (Lipinski definition) is 4. The number of nitrogens with zero attached hydrogens (tertiary/aromatic N) is 1. The maximum absolute atomic E-state index is 13.9. The highest BCUT2D eigenvalue weighted by Crippen LogP contribution is 2.28. The topological polar surface area (TPSA) is 38.8 Å². The monoisotopic (exact) mass is 297 g/mol. The average molecular weight is 297 g/mol. The van der Waals surface area contributed by atoms with Gasteiger partial charge in [0.2, 0.25) is 0 Å². The zero-order chi connectivity index (χ0) is 15.8. The summed E-state index contributed by atoms with van der Waals surface area (Å²) >= 11 is 0. The SMILES string of the molecule is CCOC(=O)CC(c1ccc(OC)c(F)c1)N(CC)CC. The summed E-state index contributed by atoms with van der Waals surface area (Å²) in [7, 11) is 1.43. The van der Waals surface area contributed by atoms with Crippen LogP contribution in [0.15, 0.2) is 18.2 Å². The fourth-order valence-electron chi connectivity index (χ4n) is 2.39. The highest BCUT2D eigenvalue weighted by molar-refractivity contribution is 5.70. The molecule has 0 radical (unpaired) electrons. The molecule has 0 aliphatic rings. The second kappa shape index (κ2) is 8.62. The van der Waals surface area contributed by atoms with Gasteiger partial charge in [0.1, 0.15) is 0 Å². The molecule has 0 heterocycles. The molecule has 1 rings (SSSR count). The minimum Gasteiger partial charge on any atom is -0.494 e. The van der Waals surface area contributed by atoms with Crippen molar-refractivity contribution in [3.63, 3.8) is 0 Å². The predicted octanol–water partition coefficient (Wildman–Crippen LogP) is 3.17. The van der Waals surface area contributed by atoms with E-state index in [0.29, 0.717) is 6.61 Å². The normalized spacial score (nSPS) is 12.3. The summed E-state index contributed by atoms with van der Waals surface area (Å²) in [6.45, 7) is 7.70. The van der Waals surface area contributed by atoms with Crippen LogP contribution in [0, 0.1) is 5.82 Å². The first-order valence-electron chi connectivity index (χ1n) is 7.30. The van der Waals surface area contributed by atoms with Crippen molar-refractivity contribution < 1.29 is 18.7 Å². The van der Waals surface area contributed by atoms with Crippen molar-refractivity contribution in [2.75, 3.05) is 26.8 Å². The fourth-order valence-corrected chi connectivity index (χ4v) is 2.39. The van der Waals surface area contributed by atoms with Gasteiger partial charge in [-0.3, -0.25) is 9.69 Å². The molecule has 0 spiro atoms. The fraction of sp³-hybridized carbons (Fsp3) is 0.562. The summed E-state index contributed by atoms with van der Waals surface area (Å²) in [6.07, 6.45) is 0.210. The van der Waals surface area contributed by atoms with E-state index >= 15 is 0 Å². The van der Waals surface area contributed by atoms with Gasteiger partial charge < -0.3 is 9.47 Å². The number of hydrogen-bond donors (Lipinski definition) is 0. The van der Waals surface area contributed by atoms with Crippen LogP contribution in [0.25, 0.3) is 0 Å². The number of esters is 1. The molecule has 118 valence electrons. The van der Waals surface area contributed by atoms with Crippen molar-refractivity contribution in [2.45, 2.75) is 33.2 Å². The van der Waals surface area contributed by atoms with Gasteiger partial charge in [0.25, 0.3) is 0 Å². The molecule has 1 aromatic rings. The largest absolute Gasteiger partial charge is 0.494 e. The van der Waals surface area contributed by atoms with E-state index in [2.05, 4.69) is 4.90 Å².